The maximum absolute atomic E-state index is 10.0. The van der Waals surface area contributed by atoms with Crippen LogP contribution in [0.4, 0.5) is 0 Å². The van der Waals surface area contributed by atoms with Crippen molar-refractivity contribution in [2.75, 3.05) is 0 Å². The first-order valence-corrected chi connectivity index (χ1v) is 26.9. The number of furan rings is 1. The van der Waals surface area contributed by atoms with Gasteiger partial charge in [0.2, 0.25) is 0 Å². The second-order valence-corrected chi connectivity index (χ2v) is 22.8. The molecular formula is C74H56N4O2. The number of fused-ring (bicyclic) bond motifs is 13. The van der Waals surface area contributed by atoms with Gasteiger partial charge in [0.05, 0.1) is 44.4 Å². The fourth-order valence-corrected chi connectivity index (χ4v) is 11.7. The van der Waals surface area contributed by atoms with E-state index in [2.05, 4.69) is 119 Å². The molecule has 5 heterocycles. The number of nitrogens with zero attached hydrogens (tertiary/aromatic N) is 4. The van der Waals surface area contributed by atoms with Crippen LogP contribution in [0.15, 0.2) is 235 Å². The molecule has 0 N–H and O–H groups in total. The molecule has 0 fully saturated rings. The highest BCUT2D eigenvalue weighted by molar-refractivity contribution is 6.10. The number of hydrogen-bond donors (Lipinski definition) is 0. The number of rotatable bonds is 6. The molecule has 0 unspecified atom stereocenters. The van der Waals surface area contributed by atoms with Crippen molar-refractivity contribution in [2.24, 2.45) is 0 Å². The summed E-state index contributed by atoms with van der Waals surface area (Å²) in [5, 5.41) is 3.94. The van der Waals surface area contributed by atoms with E-state index < -0.39 is 36.3 Å². The Bertz CT molecular complexity index is 5320. The van der Waals surface area contributed by atoms with E-state index in [9.17, 15) is 11.0 Å². The minimum absolute atomic E-state index is 0.0453. The summed E-state index contributed by atoms with van der Waals surface area (Å²) in [4.78, 5) is 4.91. The van der Waals surface area contributed by atoms with E-state index in [1.807, 2.05) is 125 Å². The third-order valence-electron chi connectivity index (χ3n) is 15.7. The van der Waals surface area contributed by atoms with E-state index in [-0.39, 0.29) is 45.2 Å². The minimum Gasteiger partial charge on any atom is -0.458 e. The zero-order valence-corrected chi connectivity index (χ0v) is 44.9. The van der Waals surface area contributed by atoms with Crippen molar-refractivity contribution < 1.29 is 24.7 Å². The summed E-state index contributed by atoms with van der Waals surface area (Å²) in [7, 11) is 0. The molecule has 1 aliphatic rings. The van der Waals surface area contributed by atoms with Gasteiger partial charge in [0.25, 0.3) is 6.33 Å². The summed E-state index contributed by atoms with van der Waals surface area (Å²) in [6.07, 6.45) is 5.66. The Labute approximate surface area is 476 Å². The van der Waals surface area contributed by atoms with E-state index in [1.54, 1.807) is 0 Å². The largest absolute Gasteiger partial charge is 0.458 e. The SMILES string of the molecule is [2H]c1c([2H])c([2H])c2c(c1[2H])-c1cccc(-c3ccc(C(C)(C)C)cc3)c1-[n+]1[c-]n(-c3cccc(Oc4ccc5c6ccccc6n(-c6cc(C(C)(C)C)ccn6)c5c4)c3)c3cc(-c4ccc5oc6ccccc6c5c4)cc(c31)-c1c([2H])c([2H])c([2H])c([2H])c1-2. The number of para-hydroxylation sites is 3. The predicted octanol–water partition coefficient (Wildman–Crippen LogP) is 19.1. The Kier molecular flexibility index (Phi) is 8.84. The summed E-state index contributed by atoms with van der Waals surface area (Å²) < 4.78 is 95.9. The molecular weight excluding hydrogens is 977 g/mol. The molecule has 80 heavy (non-hydrogen) atoms. The molecule has 0 radical (unpaired) electrons. The van der Waals surface area contributed by atoms with E-state index in [0.29, 0.717) is 61.7 Å². The first kappa shape index (κ1) is 39.6. The van der Waals surface area contributed by atoms with Crippen LogP contribution in [0.25, 0.3) is 128 Å². The zero-order valence-electron chi connectivity index (χ0n) is 52.9. The molecule has 0 saturated heterocycles. The first-order valence-electron chi connectivity index (χ1n) is 30.9. The number of hydrogen-bond acceptors (Lipinski definition) is 3. The Morgan fingerprint density at radius 3 is 1.90 bits per heavy atom. The lowest BCUT2D eigenvalue weighted by Gasteiger charge is -2.21. The van der Waals surface area contributed by atoms with Crippen molar-refractivity contribution in [2.45, 2.75) is 52.4 Å². The molecule has 0 spiro atoms. The topological polar surface area (TPSA) is 49.0 Å². The third kappa shape index (κ3) is 7.69. The average Bonchev–Trinajstić information content (AvgIpc) is 1.46. The van der Waals surface area contributed by atoms with Crippen LogP contribution in [0.3, 0.4) is 0 Å². The highest BCUT2D eigenvalue weighted by Gasteiger charge is 2.28. The summed E-state index contributed by atoms with van der Waals surface area (Å²) in [5.41, 5.74) is 11.4. The summed E-state index contributed by atoms with van der Waals surface area (Å²) in [6.45, 7) is 13.1. The smallest absolute Gasteiger partial charge is 0.269 e. The normalized spacial score (nSPS) is 13.8. The average molecular weight is 1040 g/mol. The van der Waals surface area contributed by atoms with Crippen LogP contribution >= 0.6 is 0 Å². The van der Waals surface area contributed by atoms with Crippen LogP contribution in [-0.4, -0.2) is 14.1 Å². The van der Waals surface area contributed by atoms with E-state index in [1.165, 1.54) is 0 Å². The third-order valence-corrected chi connectivity index (χ3v) is 15.7. The lowest BCUT2D eigenvalue weighted by molar-refractivity contribution is -0.570. The number of benzene rings is 10. The van der Waals surface area contributed by atoms with Gasteiger partial charge in [-0.2, -0.15) is 0 Å². The highest BCUT2D eigenvalue weighted by atomic mass is 16.5. The number of imidazole rings is 1. The predicted molar refractivity (Wildman–Crippen MR) is 328 cm³/mol. The van der Waals surface area contributed by atoms with Gasteiger partial charge in [0.1, 0.15) is 28.5 Å². The summed E-state index contributed by atoms with van der Waals surface area (Å²) in [6, 6.07) is 54.5. The van der Waals surface area contributed by atoms with Gasteiger partial charge in [-0.15, -0.1) is 0 Å². The van der Waals surface area contributed by atoms with Crippen LogP contribution in [-0.2, 0) is 10.8 Å². The molecule has 6 heteroatoms. The van der Waals surface area contributed by atoms with Gasteiger partial charge >= 0.3 is 0 Å². The van der Waals surface area contributed by atoms with Crippen LogP contribution < -0.4 is 9.30 Å². The summed E-state index contributed by atoms with van der Waals surface area (Å²) >= 11 is 0. The van der Waals surface area contributed by atoms with Crippen LogP contribution in [0, 0.1) is 6.33 Å². The van der Waals surface area contributed by atoms with Crippen molar-refractivity contribution in [1.29, 1.82) is 0 Å². The Balaban J connectivity index is 1.03. The molecule has 0 atom stereocenters. The van der Waals surface area contributed by atoms with Gasteiger partial charge in [0, 0.05) is 33.8 Å². The summed E-state index contributed by atoms with van der Waals surface area (Å²) in [5.74, 6) is 1.91. The second kappa shape index (κ2) is 17.9. The molecule has 10 aromatic carbocycles. The first-order chi connectivity index (χ1) is 42.2. The lowest BCUT2D eigenvalue weighted by atomic mass is 9.85. The molecule has 4 aromatic heterocycles. The number of ether oxygens (including phenoxy) is 1. The molecule has 0 bridgehead atoms. The Morgan fingerprint density at radius 1 is 0.475 bits per heavy atom. The standard InChI is InChI=1S/C74H56N4O2/c1-73(2,3)49-32-29-46(30-33-49)54-25-16-26-62-57-21-9-7-19-55(57)56-20-8-10-22-58(56)64-40-48(47-31-36-69-63(39-47)61-24-12-14-28-68(61)80-69)41-67-72(64)77(71(54)62)45-76(67)51-17-15-18-52(43-51)79-53-34-35-60-59-23-11-13-27-65(59)78(66(60)44-53)70-42-50(37-38-75-70)74(4,5)6/h7-44H,1-6H3/i7D,8D,9D,10D,19D,20D,21D,22D. The van der Waals surface area contributed by atoms with E-state index in [0.717, 1.165) is 66.2 Å². The van der Waals surface area contributed by atoms with Gasteiger partial charge in [-0.05, 0) is 150 Å². The van der Waals surface area contributed by atoms with E-state index >= 15 is 0 Å². The van der Waals surface area contributed by atoms with Crippen molar-refractivity contribution in [1.82, 2.24) is 14.1 Å². The fraction of sp³-hybridized carbons (Fsp3) is 0.108. The Hall–Kier alpha value is -9.78. The maximum atomic E-state index is 10.0. The van der Waals surface area contributed by atoms with Crippen LogP contribution in [0.1, 0.15) is 63.6 Å². The van der Waals surface area contributed by atoms with E-state index in [4.69, 9.17) is 14.1 Å². The van der Waals surface area contributed by atoms with Gasteiger partial charge in [-0.1, -0.05) is 187 Å². The van der Waals surface area contributed by atoms with Crippen molar-refractivity contribution in [3.05, 3.63) is 248 Å². The molecule has 1 aliphatic heterocycles. The minimum atomic E-state index is -0.542. The molecule has 14 aromatic rings. The maximum Gasteiger partial charge on any atom is 0.269 e. The molecule has 0 amide bonds. The molecule has 15 rings (SSSR count). The van der Waals surface area contributed by atoms with Crippen LogP contribution in [0.5, 0.6) is 11.5 Å². The quantitative estimate of drug-likeness (QED) is 0.123. The van der Waals surface area contributed by atoms with Gasteiger partial charge < -0.3 is 9.15 Å². The number of pyridine rings is 1. The lowest BCUT2D eigenvalue weighted by Crippen LogP contribution is -2.32. The van der Waals surface area contributed by atoms with Gasteiger partial charge in [-0.25, -0.2) is 4.98 Å². The van der Waals surface area contributed by atoms with Crippen molar-refractivity contribution >= 4 is 54.8 Å². The number of aromatic nitrogens is 4. The van der Waals surface area contributed by atoms with Crippen molar-refractivity contribution in [3.8, 4) is 84.3 Å². The van der Waals surface area contributed by atoms with Crippen molar-refractivity contribution in [3.63, 3.8) is 0 Å². The second-order valence-electron chi connectivity index (χ2n) is 22.8. The molecule has 384 valence electrons. The van der Waals surface area contributed by atoms with Crippen LogP contribution in [0.2, 0.25) is 0 Å². The highest BCUT2D eigenvalue weighted by Crippen LogP contribution is 2.47. The monoisotopic (exact) mass is 1040 g/mol. The molecule has 6 nitrogen and oxygen atoms in total. The molecule has 0 aliphatic carbocycles. The fourth-order valence-electron chi connectivity index (χ4n) is 11.7. The van der Waals surface area contributed by atoms with Gasteiger partial charge in [-0.3, -0.25) is 13.7 Å². The zero-order chi connectivity index (χ0) is 61.0. The van der Waals surface area contributed by atoms with Gasteiger partial charge in [0.15, 0.2) is 0 Å². The Morgan fingerprint density at radius 2 is 1.12 bits per heavy atom. The molecule has 0 saturated carbocycles.